The Balaban J connectivity index is 0.000000224. The van der Waals surface area contributed by atoms with Gasteiger partial charge in [-0.2, -0.15) is 0 Å². The summed E-state index contributed by atoms with van der Waals surface area (Å²) in [4.78, 5) is 74.4. The molecule has 15 heteroatoms. The summed E-state index contributed by atoms with van der Waals surface area (Å²) in [7, 11) is 2.60. The van der Waals surface area contributed by atoms with Crippen LogP contribution in [0.1, 0.15) is 87.1 Å². The van der Waals surface area contributed by atoms with E-state index in [4.69, 9.17) is 23.4 Å². The Hall–Kier alpha value is -7.68. The summed E-state index contributed by atoms with van der Waals surface area (Å²) in [5.74, 6) is -1.56. The Kier molecular flexibility index (Phi) is 16.2. The van der Waals surface area contributed by atoms with Gasteiger partial charge in [-0.3, -0.25) is 9.59 Å². The number of nitrogens with zero attached hydrogens (tertiary/aromatic N) is 1. The van der Waals surface area contributed by atoms with Crippen LogP contribution in [0.5, 0.6) is 0 Å². The lowest BCUT2D eigenvalue weighted by Crippen LogP contribution is -2.50. The molecule has 68 heavy (non-hydrogen) atoms. The Labute approximate surface area is 395 Å². The Morgan fingerprint density at radius 2 is 1.18 bits per heavy atom. The quantitative estimate of drug-likeness (QED) is 0.0562. The van der Waals surface area contributed by atoms with Crippen LogP contribution in [0.4, 0.5) is 9.59 Å². The van der Waals surface area contributed by atoms with Crippen molar-refractivity contribution < 1.29 is 47.3 Å². The second-order valence-corrected chi connectivity index (χ2v) is 18.4. The van der Waals surface area contributed by atoms with Crippen molar-refractivity contribution in [3.05, 3.63) is 150 Å². The number of methoxy groups -OCH3 is 2. The van der Waals surface area contributed by atoms with Crippen LogP contribution in [-0.4, -0.2) is 65.1 Å². The number of fused-ring (bicyclic) bond motifs is 2. The summed E-state index contributed by atoms with van der Waals surface area (Å²) < 4.78 is 26.8. The average molecular weight is 926 g/mol. The van der Waals surface area contributed by atoms with Gasteiger partial charge in [0, 0.05) is 46.2 Å². The molecule has 4 N–H and O–H groups in total. The van der Waals surface area contributed by atoms with E-state index in [1.165, 1.54) is 14.2 Å². The van der Waals surface area contributed by atoms with E-state index in [0.29, 0.717) is 12.0 Å². The number of esters is 2. The van der Waals surface area contributed by atoms with E-state index >= 15 is 0 Å². The maximum Gasteiger partial charge on any atom is 0.408 e. The second kappa shape index (κ2) is 22.2. The molecule has 0 saturated heterocycles. The predicted octanol–water partition coefficient (Wildman–Crippen LogP) is 10.4. The Morgan fingerprint density at radius 3 is 1.74 bits per heavy atom. The van der Waals surface area contributed by atoms with Crippen LogP contribution in [0, 0.1) is 16.7 Å². The molecular formula is C53H59N5O10. The van der Waals surface area contributed by atoms with Crippen LogP contribution in [0.15, 0.2) is 126 Å². The minimum Gasteiger partial charge on any atom is -0.469 e. The number of nitrogens with one attached hydrogen (secondary N) is 4. The number of aromatic amines is 2. The maximum absolute atomic E-state index is 13.3. The van der Waals surface area contributed by atoms with E-state index in [1.54, 1.807) is 6.20 Å². The lowest BCUT2D eigenvalue weighted by Gasteiger charge is -2.30. The van der Waals surface area contributed by atoms with Crippen LogP contribution >= 0.6 is 0 Å². The van der Waals surface area contributed by atoms with Crippen LogP contribution in [0.3, 0.4) is 0 Å². The smallest absolute Gasteiger partial charge is 0.408 e. The molecule has 4 aromatic carbocycles. The summed E-state index contributed by atoms with van der Waals surface area (Å²) in [5.41, 5.74) is 4.14. The zero-order chi connectivity index (χ0) is 49.0. The normalized spacial score (nSPS) is 12.8. The van der Waals surface area contributed by atoms with Crippen LogP contribution in [0.25, 0.3) is 33.1 Å². The number of para-hydroxylation sites is 2. The minimum atomic E-state index is -0.828. The number of ketones is 1. The topological polar surface area (TPSA) is 204 Å². The number of hydrogen-bond acceptors (Lipinski definition) is 11. The van der Waals surface area contributed by atoms with E-state index in [0.717, 1.165) is 38.5 Å². The third kappa shape index (κ3) is 12.8. The van der Waals surface area contributed by atoms with E-state index in [2.05, 4.69) is 25.6 Å². The van der Waals surface area contributed by atoms with E-state index in [1.807, 2.05) is 157 Å². The molecule has 3 aromatic heterocycles. The van der Waals surface area contributed by atoms with E-state index < -0.39 is 53.0 Å². The third-order valence-corrected chi connectivity index (χ3v) is 11.2. The molecule has 0 fully saturated rings. The number of rotatable bonds is 15. The van der Waals surface area contributed by atoms with E-state index in [9.17, 15) is 24.0 Å². The van der Waals surface area contributed by atoms with Crippen molar-refractivity contribution in [3.8, 4) is 11.3 Å². The van der Waals surface area contributed by atoms with Crippen molar-refractivity contribution >= 4 is 51.7 Å². The summed E-state index contributed by atoms with van der Waals surface area (Å²) in [6, 6.07) is 32.7. The SMILES string of the molecule is COC(=O)C(CC(=O)[C@@H](NC(=O)OCc1ccccc1)C(C)(C)C)Cc1c[nH]c2ccccc12.COC(=O)c1nc([C@@H](NC(=O)OCc2ccccc2)C(C)(C)C)oc1-c1c[nH]c2ccccc12. The first kappa shape index (κ1) is 49.7. The molecule has 0 bridgehead atoms. The first-order valence-electron chi connectivity index (χ1n) is 22.2. The van der Waals surface area contributed by atoms with Crippen molar-refractivity contribution in [1.82, 2.24) is 25.6 Å². The zero-order valence-electron chi connectivity index (χ0n) is 39.6. The molecule has 0 aliphatic carbocycles. The molecule has 15 nitrogen and oxygen atoms in total. The lowest BCUT2D eigenvalue weighted by atomic mass is 9.81. The van der Waals surface area contributed by atoms with Gasteiger partial charge in [0.1, 0.15) is 19.3 Å². The molecule has 7 aromatic rings. The van der Waals surface area contributed by atoms with E-state index in [-0.39, 0.29) is 42.8 Å². The number of alkyl carbamates (subject to hydrolysis) is 2. The van der Waals surface area contributed by atoms with Crippen molar-refractivity contribution in [2.45, 2.75) is 79.7 Å². The summed E-state index contributed by atoms with van der Waals surface area (Å²) >= 11 is 0. The first-order valence-corrected chi connectivity index (χ1v) is 22.2. The highest BCUT2D eigenvalue weighted by Gasteiger charge is 2.37. The van der Waals surface area contributed by atoms with Gasteiger partial charge in [0.2, 0.25) is 5.89 Å². The van der Waals surface area contributed by atoms with Crippen LogP contribution in [-0.2, 0) is 48.2 Å². The number of carbonyl (C=O) groups is 5. The monoisotopic (exact) mass is 925 g/mol. The number of oxazole rings is 1. The number of Topliss-reactive ketones (excluding diaryl/α,β-unsaturated/α-hetero) is 1. The number of H-pyrrole nitrogens is 2. The number of hydrogen-bond donors (Lipinski definition) is 4. The molecule has 0 aliphatic rings. The van der Waals surface area contributed by atoms with Gasteiger partial charge in [0.05, 0.1) is 26.2 Å². The molecule has 0 aliphatic heterocycles. The summed E-state index contributed by atoms with van der Waals surface area (Å²) in [6.45, 7) is 11.6. The fourth-order valence-corrected chi connectivity index (χ4v) is 7.66. The standard InChI is InChI=1S/C27H32N2O5.C26H27N3O5/c1-27(2,3)24(29-26(32)34-17-18-10-6-5-7-11-18)23(30)15-19(25(31)33-4)14-20-16-28-22-13-9-8-12-21(20)22;1-26(2,3)22(29-25(31)33-15-16-10-6-5-7-11-16)23-28-20(24(30)32-4)21(34-23)18-14-27-19-13-9-8-12-17(18)19/h5-13,16,19,24,28H,14-15,17H2,1-4H3,(H,29,32);5-14,22,27H,15H2,1-4H3,(H,29,31)/t19?,24-;22-/m11/s1. The molecule has 0 spiro atoms. The minimum absolute atomic E-state index is 0.0379. The molecule has 0 saturated carbocycles. The van der Waals surface area contributed by atoms with Gasteiger partial charge < -0.3 is 44.0 Å². The van der Waals surface area contributed by atoms with Crippen molar-refractivity contribution in [2.24, 2.45) is 16.7 Å². The number of carbonyl (C=O) groups excluding carboxylic acids is 5. The highest BCUT2D eigenvalue weighted by molar-refractivity contribution is 6.01. The number of amides is 2. The largest absolute Gasteiger partial charge is 0.469 e. The average Bonchev–Trinajstić information content (AvgIpc) is 4.08. The Morgan fingerprint density at radius 1 is 0.647 bits per heavy atom. The highest BCUT2D eigenvalue weighted by Crippen LogP contribution is 2.38. The Bertz CT molecular complexity index is 2820. The highest BCUT2D eigenvalue weighted by atomic mass is 16.6. The van der Waals surface area contributed by atoms with Crippen molar-refractivity contribution in [3.63, 3.8) is 0 Å². The molecule has 3 atom stereocenters. The van der Waals surface area contributed by atoms with Crippen LogP contribution in [0.2, 0.25) is 0 Å². The van der Waals surface area contributed by atoms with Crippen LogP contribution < -0.4 is 10.6 Å². The first-order chi connectivity index (χ1) is 32.5. The van der Waals surface area contributed by atoms with Gasteiger partial charge in [0.25, 0.3) is 0 Å². The third-order valence-electron chi connectivity index (χ3n) is 11.2. The zero-order valence-corrected chi connectivity index (χ0v) is 39.6. The van der Waals surface area contributed by atoms with Gasteiger partial charge in [-0.25, -0.2) is 19.4 Å². The van der Waals surface area contributed by atoms with Crippen molar-refractivity contribution in [2.75, 3.05) is 14.2 Å². The summed E-state index contributed by atoms with van der Waals surface area (Å²) in [5, 5.41) is 7.43. The number of aromatic nitrogens is 3. The maximum atomic E-state index is 13.3. The van der Waals surface area contributed by atoms with Gasteiger partial charge in [-0.1, -0.05) is 139 Å². The number of benzene rings is 4. The fourth-order valence-electron chi connectivity index (χ4n) is 7.66. The molecular weight excluding hydrogens is 867 g/mol. The fraction of sp³-hybridized carbons (Fsp3) is 0.321. The lowest BCUT2D eigenvalue weighted by molar-refractivity contribution is -0.147. The molecule has 7 rings (SSSR count). The summed E-state index contributed by atoms with van der Waals surface area (Å²) in [6.07, 6.45) is 2.60. The second-order valence-electron chi connectivity index (χ2n) is 18.4. The van der Waals surface area contributed by atoms with Crippen molar-refractivity contribution in [1.29, 1.82) is 0 Å². The van der Waals surface area contributed by atoms with Gasteiger partial charge >= 0.3 is 24.1 Å². The molecule has 3 heterocycles. The van der Waals surface area contributed by atoms with Gasteiger partial charge in [0.15, 0.2) is 17.2 Å². The molecule has 2 amide bonds. The molecule has 1 unspecified atom stereocenters. The van der Waals surface area contributed by atoms with Gasteiger partial charge in [-0.15, -0.1) is 0 Å². The predicted molar refractivity (Wildman–Crippen MR) is 257 cm³/mol. The van der Waals surface area contributed by atoms with Gasteiger partial charge in [-0.05, 0) is 46.1 Å². The molecule has 0 radical (unpaired) electrons. The number of ether oxygens (including phenoxy) is 4. The molecule has 356 valence electrons.